The van der Waals surface area contributed by atoms with Crippen LogP contribution in [0.25, 0.3) is 22.1 Å². The van der Waals surface area contributed by atoms with Gasteiger partial charge in [0.05, 0.1) is 12.6 Å². The molecule has 0 bridgehead atoms. The zero-order chi connectivity index (χ0) is 19.7. The van der Waals surface area contributed by atoms with E-state index in [0.29, 0.717) is 17.2 Å². The molecule has 1 aliphatic heterocycles. The van der Waals surface area contributed by atoms with Crippen LogP contribution in [0.5, 0.6) is 5.75 Å². The highest BCUT2D eigenvalue weighted by molar-refractivity contribution is 5.96. The van der Waals surface area contributed by atoms with Gasteiger partial charge in [-0.2, -0.15) is 0 Å². The van der Waals surface area contributed by atoms with Crippen molar-refractivity contribution in [2.45, 2.75) is 52.1 Å². The van der Waals surface area contributed by atoms with Crippen LogP contribution >= 0.6 is 0 Å². The number of quaternary nitrogens is 1. The zero-order valence-corrected chi connectivity index (χ0v) is 16.6. The quantitative estimate of drug-likeness (QED) is 0.679. The number of benzene rings is 2. The smallest absolute Gasteiger partial charge is 0.336 e. The number of nitrogens with one attached hydrogen (secondary N) is 1. The number of aromatic hydroxyl groups is 1. The van der Waals surface area contributed by atoms with Crippen molar-refractivity contribution < 1.29 is 14.4 Å². The van der Waals surface area contributed by atoms with Gasteiger partial charge in [-0.25, -0.2) is 4.79 Å². The highest BCUT2D eigenvalue weighted by Crippen LogP contribution is 2.35. The molecule has 2 aromatic carbocycles. The summed E-state index contributed by atoms with van der Waals surface area (Å²) in [6.07, 6.45) is 4.95. The van der Waals surface area contributed by atoms with Crippen molar-refractivity contribution >= 4 is 11.0 Å². The summed E-state index contributed by atoms with van der Waals surface area (Å²) in [4.78, 5) is 13.7. The summed E-state index contributed by atoms with van der Waals surface area (Å²) in [5.74, 6) is 0.258. The molecule has 1 fully saturated rings. The molecule has 1 aromatic heterocycles. The van der Waals surface area contributed by atoms with E-state index in [4.69, 9.17) is 4.42 Å². The van der Waals surface area contributed by atoms with Gasteiger partial charge in [-0.3, -0.25) is 0 Å². The monoisotopic (exact) mass is 378 g/mol. The lowest BCUT2D eigenvalue weighted by atomic mass is 9.95. The Labute approximate surface area is 165 Å². The molecular weight excluding hydrogens is 350 g/mol. The van der Waals surface area contributed by atoms with Gasteiger partial charge >= 0.3 is 5.63 Å². The van der Waals surface area contributed by atoms with Crippen LogP contribution in [-0.4, -0.2) is 17.7 Å². The normalized spacial score (nSPS) is 19.8. The van der Waals surface area contributed by atoms with Gasteiger partial charge in [-0.05, 0) is 49.8 Å². The molecule has 0 saturated carbocycles. The number of hydrogen-bond donors (Lipinski definition) is 2. The van der Waals surface area contributed by atoms with E-state index in [2.05, 4.69) is 6.92 Å². The first kappa shape index (κ1) is 18.8. The Kier molecular flexibility index (Phi) is 5.23. The Bertz CT molecular complexity index is 1040. The third kappa shape index (κ3) is 3.45. The SMILES string of the molecule is CC[C@H]1CCCC[NH+]1Cc1cc2c(-c3ccccc3)cc(=O)oc2c(C)c1O. The molecule has 0 amide bonds. The predicted octanol–water partition coefficient (Wildman–Crippen LogP) is 3.82. The largest absolute Gasteiger partial charge is 0.507 e. The van der Waals surface area contributed by atoms with Crippen molar-refractivity contribution in [1.82, 2.24) is 0 Å². The first-order valence-electron chi connectivity index (χ1n) is 10.3. The summed E-state index contributed by atoms with van der Waals surface area (Å²) in [7, 11) is 0. The molecule has 2 atom stereocenters. The maximum atomic E-state index is 12.2. The maximum Gasteiger partial charge on any atom is 0.336 e. The van der Waals surface area contributed by atoms with E-state index in [1.54, 1.807) is 11.0 Å². The fourth-order valence-corrected chi connectivity index (χ4v) is 4.63. The first-order valence-corrected chi connectivity index (χ1v) is 10.3. The van der Waals surface area contributed by atoms with Gasteiger partial charge in [-0.15, -0.1) is 0 Å². The summed E-state index contributed by atoms with van der Waals surface area (Å²) >= 11 is 0. The minimum atomic E-state index is -0.394. The molecule has 4 nitrogen and oxygen atoms in total. The number of hydrogen-bond acceptors (Lipinski definition) is 3. The fraction of sp³-hybridized carbons (Fsp3) is 0.375. The van der Waals surface area contributed by atoms with Gasteiger partial charge in [0.2, 0.25) is 0 Å². The Morgan fingerprint density at radius 2 is 1.96 bits per heavy atom. The van der Waals surface area contributed by atoms with Crippen molar-refractivity contribution in [1.29, 1.82) is 0 Å². The van der Waals surface area contributed by atoms with Crippen LogP contribution in [0.15, 0.2) is 51.7 Å². The molecule has 2 N–H and O–H groups in total. The van der Waals surface area contributed by atoms with E-state index in [1.807, 2.05) is 43.3 Å². The maximum absolute atomic E-state index is 12.2. The summed E-state index contributed by atoms with van der Waals surface area (Å²) in [5.41, 5.74) is 3.51. The van der Waals surface area contributed by atoms with Crippen LogP contribution in [0.1, 0.15) is 43.7 Å². The average Bonchev–Trinajstić information content (AvgIpc) is 2.73. The van der Waals surface area contributed by atoms with E-state index < -0.39 is 5.63 Å². The van der Waals surface area contributed by atoms with Gasteiger partial charge in [0.15, 0.2) is 0 Å². The second kappa shape index (κ2) is 7.80. The van der Waals surface area contributed by atoms with Crippen LogP contribution in [0.3, 0.4) is 0 Å². The van der Waals surface area contributed by atoms with Crippen LogP contribution in [0.2, 0.25) is 0 Å². The van der Waals surface area contributed by atoms with E-state index in [1.165, 1.54) is 19.3 Å². The molecular formula is C24H28NO3+. The molecule has 4 rings (SSSR count). The van der Waals surface area contributed by atoms with Gasteiger partial charge < -0.3 is 14.4 Å². The number of piperidine rings is 1. The topological polar surface area (TPSA) is 54.9 Å². The standard InChI is InChI=1S/C24H27NO3/c1-3-19-11-7-8-12-25(19)15-18-13-21-20(17-9-5-4-6-10-17)14-22(26)28-24(21)16(2)23(18)27/h4-6,9-10,13-14,19,27H,3,7-8,11-12,15H2,1-2H3/p+1/t19-/m0/s1. The molecule has 0 aliphatic carbocycles. The van der Waals surface area contributed by atoms with Crippen LogP contribution < -0.4 is 10.5 Å². The van der Waals surface area contributed by atoms with Crippen molar-refractivity contribution in [3.8, 4) is 16.9 Å². The summed E-state index contributed by atoms with van der Waals surface area (Å²) in [6, 6.07) is 14.1. The second-order valence-corrected chi connectivity index (χ2v) is 7.92. The molecule has 1 aliphatic rings. The van der Waals surface area contributed by atoms with E-state index >= 15 is 0 Å². The molecule has 1 saturated heterocycles. The lowest BCUT2D eigenvalue weighted by Gasteiger charge is -2.32. The van der Waals surface area contributed by atoms with E-state index in [9.17, 15) is 9.90 Å². The number of fused-ring (bicyclic) bond motifs is 1. The summed E-state index contributed by atoms with van der Waals surface area (Å²) in [6.45, 7) is 6.03. The minimum absolute atomic E-state index is 0.258. The lowest BCUT2D eigenvalue weighted by Crippen LogP contribution is -3.15. The molecule has 3 aromatic rings. The number of aryl methyl sites for hydroxylation is 1. The summed E-state index contributed by atoms with van der Waals surface area (Å²) in [5, 5.41) is 11.8. The van der Waals surface area contributed by atoms with E-state index in [-0.39, 0.29) is 5.75 Å². The molecule has 0 radical (unpaired) electrons. The van der Waals surface area contributed by atoms with Gasteiger partial charge in [0.1, 0.15) is 17.9 Å². The Morgan fingerprint density at radius 1 is 1.18 bits per heavy atom. The Hall–Kier alpha value is -2.59. The summed E-state index contributed by atoms with van der Waals surface area (Å²) < 4.78 is 5.50. The Morgan fingerprint density at radius 3 is 2.71 bits per heavy atom. The predicted molar refractivity (Wildman–Crippen MR) is 112 cm³/mol. The van der Waals surface area contributed by atoms with Crippen LogP contribution in [-0.2, 0) is 6.54 Å². The first-order chi connectivity index (χ1) is 13.6. The van der Waals surface area contributed by atoms with Crippen LogP contribution in [0, 0.1) is 6.92 Å². The number of rotatable bonds is 4. The highest BCUT2D eigenvalue weighted by atomic mass is 16.4. The van der Waals surface area contributed by atoms with E-state index in [0.717, 1.165) is 41.6 Å². The van der Waals surface area contributed by atoms with Gasteiger partial charge in [0.25, 0.3) is 0 Å². The van der Waals surface area contributed by atoms with Crippen LogP contribution in [0.4, 0.5) is 0 Å². The third-order valence-electron chi connectivity index (χ3n) is 6.19. The zero-order valence-electron chi connectivity index (χ0n) is 16.6. The average molecular weight is 378 g/mol. The number of likely N-dealkylation sites (tertiary alicyclic amines) is 1. The minimum Gasteiger partial charge on any atom is -0.507 e. The highest BCUT2D eigenvalue weighted by Gasteiger charge is 2.26. The molecule has 4 heteroatoms. The lowest BCUT2D eigenvalue weighted by molar-refractivity contribution is -0.944. The van der Waals surface area contributed by atoms with Gasteiger partial charge in [0, 0.05) is 22.6 Å². The fourth-order valence-electron chi connectivity index (χ4n) is 4.63. The molecule has 1 unspecified atom stereocenters. The molecule has 146 valence electrons. The molecule has 2 heterocycles. The van der Waals surface area contributed by atoms with Gasteiger partial charge in [-0.1, -0.05) is 37.3 Å². The van der Waals surface area contributed by atoms with Crippen molar-refractivity contribution in [3.05, 3.63) is 64.0 Å². The second-order valence-electron chi connectivity index (χ2n) is 7.92. The van der Waals surface area contributed by atoms with Crippen molar-refractivity contribution in [2.24, 2.45) is 0 Å². The molecule has 28 heavy (non-hydrogen) atoms. The number of phenolic OH excluding ortho intramolecular Hbond substituents is 1. The van der Waals surface area contributed by atoms with Crippen molar-refractivity contribution in [3.63, 3.8) is 0 Å². The Balaban J connectivity index is 1.86. The number of phenols is 1. The molecule has 0 spiro atoms. The van der Waals surface area contributed by atoms with Crippen molar-refractivity contribution in [2.75, 3.05) is 6.54 Å². The third-order valence-corrected chi connectivity index (χ3v) is 6.19.